The van der Waals surface area contributed by atoms with Gasteiger partial charge in [-0.3, -0.25) is 14.8 Å². The number of amides is 1. The first-order chi connectivity index (χ1) is 10.1. The Labute approximate surface area is 128 Å². The predicted molar refractivity (Wildman–Crippen MR) is 81.6 cm³/mol. The van der Waals surface area contributed by atoms with Gasteiger partial charge in [-0.15, -0.1) is 0 Å². The van der Waals surface area contributed by atoms with Crippen LogP contribution in [0.3, 0.4) is 0 Å². The lowest BCUT2D eigenvalue weighted by atomic mass is 10.2. The number of halogens is 2. The predicted octanol–water partition coefficient (Wildman–Crippen LogP) is 3.78. The van der Waals surface area contributed by atoms with Gasteiger partial charge in [-0.05, 0) is 46.3 Å². The maximum atomic E-state index is 13.4. The van der Waals surface area contributed by atoms with E-state index in [1.54, 1.807) is 36.7 Å². The molecule has 6 heteroatoms. The van der Waals surface area contributed by atoms with Crippen molar-refractivity contribution in [1.29, 1.82) is 0 Å². The number of fused-ring (bicyclic) bond motifs is 1. The number of nitrogens with one attached hydrogen (secondary N) is 1. The van der Waals surface area contributed by atoms with Crippen molar-refractivity contribution in [3.63, 3.8) is 0 Å². The van der Waals surface area contributed by atoms with Gasteiger partial charge in [0, 0.05) is 18.1 Å². The van der Waals surface area contributed by atoms with Gasteiger partial charge in [0.15, 0.2) is 0 Å². The summed E-state index contributed by atoms with van der Waals surface area (Å²) in [6.07, 6.45) is 3.18. The normalized spacial score (nSPS) is 10.6. The Balaban J connectivity index is 1.91. The highest BCUT2D eigenvalue weighted by Gasteiger charge is 2.13. The summed E-state index contributed by atoms with van der Waals surface area (Å²) in [5.41, 5.74) is 2.22. The van der Waals surface area contributed by atoms with Crippen LogP contribution in [0.25, 0.3) is 11.0 Å². The highest BCUT2D eigenvalue weighted by Crippen LogP contribution is 2.22. The van der Waals surface area contributed by atoms with Crippen molar-refractivity contribution >= 4 is 38.6 Å². The van der Waals surface area contributed by atoms with Crippen molar-refractivity contribution in [2.75, 3.05) is 5.32 Å². The van der Waals surface area contributed by atoms with Crippen LogP contribution >= 0.6 is 15.9 Å². The number of aromatic nitrogens is 2. The third-order valence-corrected chi connectivity index (χ3v) is 3.73. The van der Waals surface area contributed by atoms with E-state index in [0.29, 0.717) is 11.2 Å². The number of anilines is 1. The van der Waals surface area contributed by atoms with Crippen LogP contribution in [-0.4, -0.2) is 15.9 Å². The van der Waals surface area contributed by atoms with Gasteiger partial charge in [0.05, 0.1) is 21.1 Å². The van der Waals surface area contributed by atoms with E-state index in [9.17, 15) is 9.18 Å². The molecule has 0 radical (unpaired) electrons. The summed E-state index contributed by atoms with van der Waals surface area (Å²) in [7, 11) is 0. The van der Waals surface area contributed by atoms with Gasteiger partial charge in [0.25, 0.3) is 5.91 Å². The molecule has 104 valence electrons. The molecule has 0 saturated heterocycles. The van der Waals surface area contributed by atoms with Crippen LogP contribution in [0, 0.1) is 5.82 Å². The standard InChI is InChI=1S/C15H9BrFN3O/c16-14-10(2-1-3-11(14)17)15(21)20-9-4-5-12-13(8-9)19-7-6-18-12/h1-8H,(H,20,21). The van der Waals surface area contributed by atoms with Crippen molar-refractivity contribution < 1.29 is 9.18 Å². The molecule has 1 aromatic heterocycles. The largest absolute Gasteiger partial charge is 0.322 e. The van der Waals surface area contributed by atoms with Gasteiger partial charge in [-0.1, -0.05) is 6.07 Å². The summed E-state index contributed by atoms with van der Waals surface area (Å²) in [4.78, 5) is 20.5. The molecule has 1 amide bonds. The number of carbonyl (C=O) groups is 1. The zero-order valence-electron chi connectivity index (χ0n) is 10.7. The molecule has 21 heavy (non-hydrogen) atoms. The number of benzene rings is 2. The minimum Gasteiger partial charge on any atom is -0.322 e. The summed E-state index contributed by atoms with van der Waals surface area (Å²) in [5.74, 6) is -0.878. The second-order valence-electron chi connectivity index (χ2n) is 4.32. The van der Waals surface area contributed by atoms with E-state index < -0.39 is 11.7 Å². The molecule has 1 heterocycles. The van der Waals surface area contributed by atoms with Gasteiger partial charge in [0.2, 0.25) is 0 Å². The van der Waals surface area contributed by atoms with Crippen LogP contribution in [0.15, 0.2) is 53.3 Å². The molecule has 0 spiro atoms. The van der Waals surface area contributed by atoms with Crippen LogP contribution in [0.4, 0.5) is 10.1 Å². The summed E-state index contributed by atoms with van der Waals surface area (Å²) >= 11 is 3.08. The van der Waals surface area contributed by atoms with Crippen molar-refractivity contribution in [2.24, 2.45) is 0 Å². The number of hydrogen-bond acceptors (Lipinski definition) is 3. The number of rotatable bonds is 2. The Bertz CT molecular complexity index is 838. The van der Waals surface area contributed by atoms with Crippen LogP contribution in [-0.2, 0) is 0 Å². The molecule has 0 atom stereocenters. The summed E-state index contributed by atoms with van der Waals surface area (Å²) < 4.78 is 13.6. The molecule has 0 unspecified atom stereocenters. The highest BCUT2D eigenvalue weighted by molar-refractivity contribution is 9.10. The summed E-state index contributed by atoms with van der Waals surface area (Å²) in [5, 5.41) is 2.72. The minimum absolute atomic E-state index is 0.142. The SMILES string of the molecule is O=C(Nc1ccc2nccnc2c1)c1cccc(F)c1Br. The Morgan fingerprint density at radius 2 is 1.86 bits per heavy atom. The van der Waals surface area contributed by atoms with Crippen molar-refractivity contribution in [1.82, 2.24) is 9.97 Å². The first-order valence-corrected chi connectivity index (χ1v) is 6.90. The quantitative estimate of drug-likeness (QED) is 0.768. The lowest BCUT2D eigenvalue weighted by molar-refractivity contribution is 0.102. The maximum Gasteiger partial charge on any atom is 0.256 e. The van der Waals surface area contributed by atoms with Gasteiger partial charge in [-0.2, -0.15) is 0 Å². The molecular formula is C15H9BrFN3O. The molecule has 3 rings (SSSR count). The molecule has 0 saturated carbocycles. The lowest BCUT2D eigenvalue weighted by Gasteiger charge is -2.08. The Kier molecular flexibility index (Phi) is 3.62. The Hall–Kier alpha value is -2.34. The number of hydrogen-bond donors (Lipinski definition) is 1. The smallest absolute Gasteiger partial charge is 0.256 e. The molecular weight excluding hydrogens is 337 g/mol. The highest BCUT2D eigenvalue weighted by atomic mass is 79.9. The molecule has 0 fully saturated rings. The van der Waals surface area contributed by atoms with E-state index in [1.807, 2.05) is 0 Å². The minimum atomic E-state index is -0.480. The van der Waals surface area contributed by atoms with E-state index >= 15 is 0 Å². The van der Waals surface area contributed by atoms with E-state index in [4.69, 9.17) is 0 Å². The topological polar surface area (TPSA) is 54.9 Å². The third kappa shape index (κ3) is 2.75. The van der Waals surface area contributed by atoms with Gasteiger partial charge < -0.3 is 5.32 Å². The second-order valence-corrected chi connectivity index (χ2v) is 5.11. The summed E-state index contributed by atoms with van der Waals surface area (Å²) in [6.45, 7) is 0. The number of nitrogens with zero attached hydrogens (tertiary/aromatic N) is 2. The van der Waals surface area contributed by atoms with Crippen LogP contribution in [0.1, 0.15) is 10.4 Å². The van der Waals surface area contributed by atoms with Gasteiger partial charge >= 0.3 is 0 Å². The Morgan fingerprint density at radius 1 is 1.10 bits per heavy atom. The van der Waals surface area contributed by atoms with E-state index in [0.717, 1.165) is 5.52 Å². The maximum absolute atomic E-state index is 13.4. The fourth-order valence-electron chi connectivity index (χ4n) is 1.92. The average Bonchev–Trinajstić information content (AvgIpc) is 2.50. The van der Waals surface area contributed by atoms with Crippen LogP contribution < -0.4 is 5.32 Å². The fraction of sp³-hybridized carbons (Fsp3) is 0. The zero-order valence-corrected chi connectivity index (χ0v) is 12.3. The van der Waals surface area contributed by atoms with Gasteiger partial charge in [-0.25, -0.2) is 4.39 Å². The average molecular weight is 346 g/mol. The molecule has 1 N–H and O–H groups in total. The van der Waals surface area contributed by atoms with Crippen molar-refractivity contribution in [3.8, 4) is 0 Å². The molecule has 4 nitrogen and oxygen atoms in total. The van der Waals surface area contributed by atoms with Crippen LogP contribution in [0.5, 0.6) is 0 Å². The molecule has 3 aromatic rings. The van der Waals surface area contributed by atoms with Crippen molar-refractivity contribution in [2.45, 2.75) is 0 Å². The van der Waals surface area contributed by atoms with Crippen LogP contribution in [0.2, 0.25) is 0 Å². The van der Waals surface area contributed by atoms with E-state index in [2.05, 4.69) is 31.2 Å². The molecule has 0 aliphatic rings. The van der Waals surface area contributed by atoms with Crippen molar-refractivity contribution in [3.05, 3.63) is 64.6 Å². The molecule has 0 bridgehead atoms. The lowest BCUT2D eigenvalue weighted by Crippen LogP contribution is -2.13. The Morgan fingerprint density at radius 3 is 2.67 bits per heavy atom. The summed E-state index contributed by atoms with van der Waals surface area (Å²) in [6, 6.07) is 9.52. The molecule has 0 aliphatic heterocycles. The first-order valence-electron chi connectivity index (χ1n) is 6.11. The third-order valence-electron chi connectivity index (χ3n) is 2.92. The molecule has 0 aliphatic carbocycles. The number of carbonyl (C=O) groups excluding carboxylic acids is 1. The first kappa shape index (κ1) is 13.6. The monoisotopic (exact) mass is 345 g/mol. The molecule has 2 aromatic carbocycles. The fourth-order valence-corrected chi connectivity index (χ4v) is 2.36. The van der Waals surface area contributed by atoms with Gasteiger partial charge in [0.1, 0.15) is 5.82 Å². The van der Waals surface area contributed by atoms with E-state index in [1.165, 1.54) is 12.1 Å². The van der Waals surface area contributed by atoms with E-state index in [-0.39, 0.29) is 10.0 Å². The zero-order chi connectivity index (χ0) is 14.8. The second kappa shape index (κ2) is 5.57.